The van der Waals surface area contributed by atoms with E-state index < -0.39 is 0 Å². The maximum absolute atomic E-state index is 6.12. The van der Waals surface area contributed by atoms with Crippen molar-refractivity contribution in [3.8, 4) is 11.5 Å². The minimum atomic E-state index is -0.269. The van der Waals surface area contributed by atoms with Crippen molar-refractivity contribution in [3.05, 3.63) is 53.1 Å². The highest BCUT2D eigenvalue weighted by Gasteiger charge is 2.34. The SMILES string of the molecule is COc1ccc2c(c1)C(NC(=S)Nc1ccc(C)cc1C)CC(C)(C)O2. The minimum absolute atomic E-state index is 0.0506. The van der Waals surface area contributed by atoms with Crippen LogP contribution in [-0.2, 0) is 0 Å². The fourth-order valence-corrected chi connectivity index (χ4v) is 3.61. The predicted molar refractivity (Wildman–Crippen MR) is 110 cm³/mol. The van der Waals surface area contributed by atoms with Gasteiger partial charge >= 0.3 is 0 Å². The molecule has 0 amide bonds. The van der Waals surface area contributed by atoms with E-state index in [1.54, 1.807) is 7.11 Å². The van der Waals surface area contributed by atoms with Gasteiger partial charge in [-0.05, 0) is 69.7 Å². The number of thiocarbonyl (C=S) groups is 1. The second-order valence-corrected chi connectivity index (χ2v) is 7.85. The number of rotatable bonds is 3. The number of ether oxygens (including phenoxy) is 2. The third kappa shape index (κ3) is 4.10. The Morgan fingerprint density at radius 3 is 2.65 bits per heavy atom. The Labute approximate surface area is 160 Å². The molecule has 26 heavy (non-hydrogen) atoms. The molecular weight excluding hydrogens is 344 g/mol. The van der Waals surface area contributed by atoms with E-state index in [-0.39, 0.29) is 11.6 Å². The van der Waals surface area contributed by atoms with Crippen LogP contribution in [0, 0.1) is 13.8 Å². The lowest BCUT2D eigenvalue weighted by Gasteiger charge is -2.38. The van der Waals surface area contributed by atoms with E-state index in [0.717, 1.165) is 29.2 Å². The maximum Gasteiger partial charge on any atom is 0.171 e. The van der Waals surface area contributed by atoms with Gasteiger partial charge in [0.1, 0.15) is 17.1 Å². The summed E-state index contributed by atoms with van der Waals surface area (Å²) in [7, 11) is 1.67. The van der Waals surface area contributed by atoms with Crippen LogP contribution in [0.15, 0.2) is 36.4 Å². The van der Waals surface area contributed by atoms with Crippen LogP contribution in [0.4, 0.5) is 5.69 Å². The van der Waals surface area contributed by atoms with Crippen LogP contribution in [-0.4, -0.2) is 17.8 Å². The lowest BCUT2D eigenvalue weighted by atomic mass is 9.89. The number of nitrogens with one attached hydrogen (secondary N) is 2. The zero-order chi connectivity index (χ0) is 18.9. The molecule has 0 fully saturated rings. The highest BCUT2D eigenvalue weighted by atomic mass is 32.1. The Morgan fingerprint density at radius 1 is 1.19 bits per heavy atom. The largest absolute Gasteiger partial charge is 0.497 e. The van der Waals surface area contributed by atoms with Gasteiger partial charge in [-0.15, -0.1) is 0 Å². The summed E-state index contributed by atoms with van der Waals surface area (Å²) in [6.45, 7) is 8.35. The lowest BCUT2D eigenvalue weighted by molar-refractivity contribution is 0.0695. The number of anilines is 1. The molecule has 0 aliphatic carbocycles. The number of methoxy groups -OCH3 is 1. The van der Waals surface area contributed by atoms with Crippen molar-refractivity contribution in [2.75, 3.05) is 12.4 Å². The van der Waals surface area contributed by atoms with Gasteiger partial charge in [0.25, 0.3) is 0 Å². The highest BCUT2D eigenvalue weighted by molar-refractivity contribution is 7.80. The van der Waals surface area contributed by atoms with Gasteiger partial charge in [0.2, 0.25) is 0 Å². The third-order valence-electron chi connectivity index (χ3n) is 4.61. The molecule has 0 saturated carbocycles. The fourth-order valence-electron chi connectivity index (χ4n) is 3.36. The van der Waals surface area contributed by atoms with E-state index >= 15 is 0 Å². The molecule has 1 aliphatic rings. The van der Waals surface area contributed by atoms with E-state index in [0.29, 0.717) is 5.11 Å². The molecule has 0 aromatic heterocycles. The average molecular weight is 371 g/mol. The van der Waals surface area contributed by atoms with Crippen LogP contribution in [0.3, 0.4) is 0 Å². The van der Waals surface area contributed by atoms with E-state index in [2.05, 4.69) is 56.5 Å². The number of hydrogen-bond donors (Lipinski definition) is 2. The first kappa shape index (κ1) is 18.5. The molecule has 1 unspecified atom stereocenters. The predicted octanol–water partition coefficient (Wildman–Crippen LogP) is 4.90. The molecule has 0 saturated heterocycles. The first-order chi connectivity index (χ1) is 12.3. The van der Waals surface area contributed by atoms with Crippen LogP contribution in [0.1, 0.15) is 43.0 Å². The quantitative estimate of drug-likeness (QED) is 0.752. The molecule has 2 aromatic carbocycles. The first-order valence-electron chi connectivity index (χ1n) is 8.79. The summed E-state index contributed by atoms with van der Waals surface area (Å²) in [4.78, 5) is 0. The van der Waals surface area contributed by atoms with Gasteiger partial charge in [0.15, 0.2) is 5.11 Å². The van der Waals surface area contributed by atoms with Crippen molar-refractivity contribution in [1.29, 1.82) is 0 Å². The Morgan fingerprint density at radius 2 is 1.96 bits per heavy atom. The Balaban J connectivity index is 1.81. The van der Waals surface area contributed by atoms with E-state index in [4.69, 9.17) is 21.7 Å². The topological polar surface area (TPSA) is 42.5 Å². The zero-order valence-corrected chi connectivity index (χ0v) is 16.8. The van der Waals surface area contributed by atoms with Crippen LogP contribution < -0.4 is 20.1 Å². The van der Waals surface area contributed by atoms with Crippen molar-refractivity contribution in [2.45, 2.75) is 45.8 Å². The molecule has 4 nitrogen and oxygen atoms in total. The van der Waals surface area contributed by atoms with Crippen molar-refractivity contribution in [2.24, 2.45) is 0 Å². The highest BCUT2D eigenvalue weighted by Crippen LogP contribution is 2.41. The summed E-state index contributed by atoms with van der Waals surface area (Å²) < 4.78 is 11.5. The molecule has 2 N–H and O–H groups in total. The first-order valence-corrected chi connectivity index (χ1v) is 9.20. The van der Waals surface area contributed by atoms with Gasteiger partial charge in [-0.25, -0.2) is 0 Å². The van der Waals surface area contributed by atoms with Crippen molar-refractivity contribution in [3.63, 3.8) is 0 Å². The van der Waals surface area contributed by atoms with E-state index in [1.807, 2.05) is 18.2 Å². The van der Waals surface area contributed by atoms with E-state index in [9.17, 15) is 0 Å². The zero-order valence-electron chi connectivity index (χ0n) is 16.0. The van der Waals surface area contributed by atoms with Crippen LogP contribution in [0.5, 0.6) is 11.5 Å². The van der Waals surface area contributed by atoms with Crippen LogP contribution >= 0.6 is 12.2 Å². The molecule has 2 aromatic rings. The van der Waals surface area contributed by atoms with Gasteiger partial charge in [-0.1, -0.05) is 17.7 Å². The summed E-state index contributed by atoms with van der Waals surface area (Å²) in [6.07, 6.45) is 0.807. The average Bonchev–Trinajstić information content (AvgIpc) is 2.56. The van der Waals surface area contributed by atoms with Crippen molar-refractivity contribution >= 4 is 23.0 Å². The molecule has 0 radical (unpaired) electrons. The molecule has 5 heteroatoms. The summed E-state index contributed by atoms with van der Waals surface area (Å²) in [5.74, 6) is 1.68. The molecule has 3 rings (SSSR count). The summed E-state index contributed by atoms with van der Waals surface area (Å²) in [6, 6.07) is 12.2. The van der Waals surface area contributed by atoms with Gasteiger partial charge in [-0.3, -0.25) is 0 Å². The van der Waals surface area contributed by atoms with Crippen molar-refractivity contribution < 1.29 is 9.47 Å². The monoisotopic (exact) mass is 370 g/mol. The fraction of sp³-hybridized carbons (Fsp3) is 0.381. The van der Waals surface area contributed by atoms with Gasteiger partial charge in [0.05, 0.1) is 13.2 Å². The molecule has 1 aliphatic heterocycles. The van der Waals surface area contributed by atoms with Gasteiger partial charge in [0, 0.05) is 17.7 Å². The Hall–Kier alpha value is -2.27. The number of hydrogen-bond acceptors (Lipinski definition) is 3. The Bertz CT molecular complexity index is 833. The molecule has 1 heterocycles. The van der Waals surface area contributed by atoms with Crippen molar-refractivity contribution in [1.82, 2.24) is 5.32 Å². The molecule has 138 valence electrons. The Kier molecular flexibility index (Phi) is 5.10. The van der Waals surface area contributed by atoms with Crippen LogP contribution in [0.2, 0.25) is 0 Å². The number of aryl methyl sites for hydroxylation is 2. The summed E-state index contributed by atoms with van der Waals surface area (Å²) in [5, 5.41) is 7.38. The van der Waals surface area contributed by atoms with E-state index in [1.165, 1.54) is 11.1 Å². The molecule has 1 atom stereocenters. The molecule has 0 bridgehead atoms. The lowest BCUT2D eigenvalue weighted by Crippen LogP contribution is -2.42. The minimum Gasteiger partial charge on any atom is -0.497 e. The third-order valence-corrected chi connectivity index (χ3v) is 4.83. The number of fused-ring (bicyclic) bond motifs is 1. The second-order valence-electron chi connectivity index (χ2n) is 7.44. The smallest absolute Gasteiger partial charge is 0.171 e. The number of benzene rings is 2. The summed E-state index contributed by atoms with van der Waals surface area (Å²) >= 11 is 5.58. The molecule has 0 spiro atoms. The standard InChI is InChI=1S/C21H26N2O2S/c1-13-6-8-17(14(2)10-13)22-20(26)23-18-12-21(3,4)25-19-9-7-15(24-5)11-16(18)19/h6-11,18H,12H2,1-5H3,(H2,22,23,26). The maximum atomic E-state index is 6.12. The molecular formula is C21H26N2O2S. The van der Waals surface area contributed by atoms with Gasteiger partial charge in [-0.2, -0.15) is 0 Å². The van der Waals surface area contributed by atoms with Crippen LogP contribution in [0.25, 0.3) is 0 Å². The summed E-state index contributed by atoms with van der Waals surface area (Å²) in [5.41, 5.74) is 4.22. The normalized spacial score (nSPS) is 17.7. The van der Waals surface area contributed by atoms with Gasteiger partial charge < -0.3 is 20.1 Å². The second kappa shape index (κ2) is 7.16.